The van der Waals surface area contributed by atoms with Crippen LogP contribution in [0.1, 0.15) is 24.1 Å². The number of thiophene rings is 1. The Balaban J connectivity index is 1.96. The number of nitrogens with zero attached hydrogens (tertiary/aromatic N) is 1. The van der Waals surface area contributed by atoms with Crippen molar-refractivity contribution in [1.29, 1.82) is 0 Å². The average Bonchev–Trinajstić information content (AvgIpc) is 2.96. The molecule has 0 aliphatic heterocycles. The molecule has 0 fully saturated rings. The van der Waals surface area contributed by atoms with Crippen LogP contribution in [0.2, 0.25) is 0 Å². The van der Waals surface area contributed by atoms with E-state index < -0.39 is 0 Å². The topological polar surface area (TPSA) is 24.9 Å². The Morgan fingerprint density at radius 2 is 2.15 bits per heavy atom. The van der Waals surface area contributed by atoms with Crippen LogP contribution in [0.5, 0.6) is 0 Å². The Bertz CT molecular complexity index is 676. The predicted octanol–water partition coefficient (Wildman–Crippen LogP) is 4.19. The molecule has 1 atom stereocenters. The zero-order valence-corrected chi connectivity index (χ0v) is 12.4. The smallest absolute Gasteiger partial charge is 0.0390 e. The zero-order chi connectivity index (χ0) is 13.8. The van der Waals surface area contributed by atoms with E-state index in [4.69, 9.17) is 0 Å². The number of hydrogen-bond donors (Lipinski definition) is 1. The van der Waals surface area contributed by atoms with E-state index in [0.29, 0.717) is 6.04 Å². The van der Waals surface area contributed by atoms with Gasteiger partial charge in [0.25, 0.3) is 0 Å². The SMILES string of the molecule is CCNC(Cc1cccnc1)c1cccc2ccsc12. The maximum Gasteiger partial charge on any atom is 0.0390 e. The highest BCUT2D eigenvalue weighted by molar-refractivity contribution is 7.17. The van der Waals surface area contributed by atoms with Gasteiger partial charge >= 0.3 is 0 Å². The van der Waals surface area contributed by atoms with Crippen LogP contribution >= 0.6 is 11.3 Å². The molecule has 3 rings (SSSR count). The molecule has 1 unspecified atom stereocenters. The zero-order valence-electron chi connectivity index (χ0n) is 11.5. The fraction of sp³-hybridized carbons (Fsp3) is 0.235. The largest absolute Gasteiger partial charge is 0.310 e. The van der Waals surface area contributed by atoms with Gasteiger partial charge in [0.2, 0.25) is 0 Å². The molecule has 3 aromatic rings. The highest BCUT2D eigenvalue weighted by atomic mass is 32.1. The van der Waals surface area contributed by atoms with E-state index in [-0.39, 0.29) is 0 Å². The third-order valence-corrected chi connectivity index (χ3v) is 4.48. The number of aromatic nitrogens is 1. The summed E-state index contributed by atoms with van der Waals surface area (Å²) < 4.78 is 1.39. The summed E-state index contributed by atoms with van der Waals surface area (Å²) in [5.41, 5.74) is 2.66. The lowest BCUT2D eigenvalue weighted by Crippen LogP contribution is -2.23. The third-order valence-electron chi connectivity index (χ3n) is 3.50. The number of pyridine rings is 1. The van der Waals surface area contributed by atoms with Crippen LogP contribution in [0.4, 0.5) is 0 Å². The first-order valence-corrected chi connectivity index (χ1v) is 7.85. The molecule has 0 saturated carbocycles. The molecule has 2 heterocycles. The summed E-state index contributed by atoms with van der Waals surface area (Å²) in [6.45, 7) is 3.12. The minimum Gasteiger partial charge on any atom is -0.310 e. The van der Waals surface area contributed by atoms with Gasteiger partial charge in [-0.3, -0.25) is 4.98 Å². The summed E-state index contributed by atoms with van der Waals surface area (Å²) >= 11 is 1.82. The van der Waals surface area contributed by atoms with E-state index in [1.807, 2.05) is 29.8 Å². The summed E-state index contributed by atoms with van der Waals surface area (Å²) in [6.07, 6.45) is 4.75. The molecular formula is C17H18N2S. The minimum absolute atomic E-state index is 0.339. The van der Waals surface area contributed by atoms with Gasteiger partial charge in [-0.25, -0.2) is 0 Å². The molecule has 0 saturated heterocycles. The van der Waals surface area contributed by atoms with Gasteiger partial charge in [0.15, 0.2) is 0 Å². The van der Waals surface area contributed by atoms with Crippen LogP contribution in [0.15, 0.2) is 54.2 Å². The van der Waals surface area contributed by atoms with Crippen molar-refractivity contribution >= 4 is 21.4 Å². The third kappa shape index (κ3) is 2.74. The quantitative estimate of drug-likeness (QED) is 0.759. The van der Waals surface area contributed by atoms with Gasteiger partial charge < -0.3 is 5.32 Å². The predicted molar refractivity (Wildman–Crippen MR) is 86.2 cm³/mol. The maximum atomic E-state index is 4.22. The van der Waals surface area contributed by atoms with Gasteiger partial charge in [-0.2, -0.15) is 0 Å². The summed E-state index contributed by atoms with van der Waals surface area (Å²) in [4.78, 5) is 4.22. The summed E-state index contributed by atoms with van der Waals surface area (Å²) in [5.74, 6) is 0. The van der Waals surface area contributed by atoms with Gasteiger partial charge in [-0.05, 0) is 47.0 Å². The number of rotatable bonds is 5. The molecule has 0 aliphatic rings. The van der Waals surface area contributed by atoms with Crippen molar-refractivity contribution in [1.82, 2.24) is 10.3 Å². The number of likely N-dealkylation sites (N-methyl/N-ethyl adjacent to an activating group) is 1. The molecule has 2 nitrogen and oxygen atoms in total. The molecule has 0 amide bonds. The summed E-state index contributed by atoms with van der Waals surface area (Å²) in [6, 6.07) is 13.3. The number of benzene rings is 1. The molecule has 2 aromatic heterocycles. The molecule has 0 aliphatic carbocycles. The van der Waals surface area contributed by atoms with Crippen LogP contribution in [-0.2, 0) is 6.42 Å². The van der Waals surface area contributed by atoms with Gasteiger partial charge in [0, 0.05) is 23.1 Å². The molecule has 20 heavy (non-hydrogen) atoms. The van der Waals surface area contributed by atoms with Gasteiger partial charge in [-0.15, -0.1) is 11.3 Å². The van der Waals surface area contributed by atoms with E-state index >= 15 is 0 Å². The average molecular weight is 282 g/mol. The summed E-state index contributed by atoms with van der Waals surface area (Å²) in [5, 5.41) is 7.11. The number of nitrogens with one attached hydrogen (secondary N) is 1. The molecular weight excluding hydrogens is 264 g/mol. The van der Waals surface area contributed by atoms with Crippen LogP contribution in [-0.4, -0.2) is 11.5 Å². The Hall–Kier alpha value is -1.71. The lowest BCUT2D eigenvalue weighted by atomic mass is 9.99. The van der Waals surface area contributed by atoms with Crippen molar-refractivity contribution in [2.45, 2.75) is 19.4 Å². The van der Waals surface area contributed by atoms with Crippen molar-refractivity contribution < 1.29 is 0 Å². The fourth-order valence-electron chi connectivity index (χ4n) is 2.58. The molecule has 102 valence electrons. The second kappa shape index (κ2) is 6.16. The standard InChI is InChI=1S/C17H18N2S/c1-2-19-16(11-13-5-4-9-18-12-13)15-7-3-6-14-8-10-20-17(14)15/h3-10,12,16,19H,2,11H2,1H3. The molecule has 0 spiro atoms. The first-order valence-electron chi connectivity index (χ1n) is 6.97. The maximum absolute atomic E-state index is 4.22. The van der Waals surface area contributed by atoms with Crippen molar-refractivity contribution in [3.8, 4) is 0 Å². The fourth-order valence-corrected chi connectivity index (χ4v) is 3.55. The first kappa shape index (κ1) is 13.3. The van der Waals surface area contributed by atoms with E-state index in [1.165, 1.54) is 21.2 Å². The molecule has 1 aromatic carbocycles. The van der Waals surface area contributed by atoms with Crippen LogP contribution in [0.3, 0.4) is 0 Å². The second-order valence-corrected chi connectivity index (χ2v) is 5.78. The summed E-state index contributed by atoms with van der Waals surface area (Å²) in [7, 11) is 0. The van der Waals surface area contributed by atoms with Gasteiger partial charge in [-0.1, -0.05) is 31.2 Å². The Morgan fingerprint density at radius 3 is 2.95 bits per heavy atom. The van der Waals surface area contributed by atoms with Crippen molar-refractivity contribution in [2.24, 2.45) is 0 Å². The normalized spacial score (nSPS) is 12.7. The molecule has 0 radical (unpaired) electrons. The van der Waals surface area contributed by atoms with Crippen LogP contribution in [0, 0.1) is 0 Å². The number of fused-ring (bicyclic) bond motifs is 1. The first-order chi connectivity index (χ1) is 9.88. The molecule has 3 heteroatoms. The number of hydrogen-bond acceptors (Lipinski definition) is 3. The Morgan fingerprint density at radius 1 is 1.20 bits per heavy atom. The van der Waals surface area contributed by atoms with Crippen LogP contribution < -0.4 is 5.32 Å². The van der Waals surface area contributed by atoms with Gasteiger partial charge in [0.1, 0.15) is 0 Å². The Kier molecular flexibility index (Phi) is 4.09. The lowest BCUT2D eigenvalue weighted by molar-refractivity contribution is 0.553. The van der Waals surface area contributed by atoms with E-state index in [0.717, 1.165) is 13.0 Å². The van der Waals surface area contributed by atoms with E-state index in [9.17, 15) is 0 Å². The lowest BCUT2D eigenvalue weighted by Gasteiger charge is -2.19. The molecule has 1 N–H and O–H groups in total. The monoisotopic (exact) mass is 282 g/mol. The Labute approximate surface area is 123 Å². The van der Waals surface area contributed by atoms with Gasteiger partial charge in [0.05, 0.1) is 0 Å². The minimum atomic E-state index is 0.339. The second-order valence-electron chi connectivity index (χ2n) is 4.86. The van der Waals surface area contributed by atoms with Crippen molar-refractivity contribution in [2.75, 3.05) is 6.54 Å². The van der Waals surface area contributed by atoms with Crippen LogP contribution in [0.25, 0.3) is 10.1 Å². The molecule has 0 bridgehead atoms. The van der Waals surface area contributed by atoms with Crippen molar-refractivity contribution in [3.63, 3.8) is 0 Å². The van der Waals surface area contributed by atoms with E-state index in [1.54, 1.807) is 0 Å². The highest BCUT2D eigenvalue weighted by Gasteiger charge is 2.14. The highest BCUT2D eigenvalue weighted by Crippen LogP contribution is 2.30. The van der Waals surface area contributed by atoms with E-state index in [2.05, 4.69) is 52.9 Å². The van der Waals surface area contributed by atoms with Crippen molar-refractivity contribution in [3.05, 3.63) is 65.3 Å².